The van der Waals surface area contributed by atoms with Gasteiger partial charge in [-0.1, -0.05) is 27.7 Å². The molecule has 0 aromatic heterocycles. The van der Waals surface area contributed by atoms with Crippen molar-refractivity contribution < 1.29 is 12.6 Å². The Hall–Kier alpha value is -0.0900. The number of hydrogen-bond acceptors (Lipinski definition) is 3. The lowest BCUT2D eigenvalue weighted by Crippen LogP contribution is -2.26. The van der Waals surface area contributed by atoms with E-state index in [4.69, 9.17) is 4.18 Å². The highest BCUT2D eigenvalue weighted by Gasteiger charge is 2.25. The molecule has 0 saturated carbocycles. The van der Waals surface area contributed by atoms with Crippen LogP contribution in [0.4, 0.5) is 0 Å². The van der Waals surface area contributed by atoms with Gasteiger partial charge in [0, 0.05) is 0 Å². The molecule has 0 spiro atoms. The molecule has 4 heteroatoms. The lowest BCUT2D eigenvalue weighted by molar-refractivity contribution is 0.196. The molecule has 0 aromatic carbocycles. The summed E-state index contributed by atoms with van der Waals surface area (Å²) in [7, 11) is -3.35. The summed E-state index contributed by atoms with van der Waals surface area (Å²) < 4.78 is 28.6. The molecule has 0 radical (unpaired) electrons. The van der Waals surface area contributed by atoms with E-state index in [1.54, 1.807) is 0 Å². The Kier molecular flexibility index (Phi) is 6.36. The minimum atomic E-state index is -3.35. The second-order valence-electron chi connectivity index (χ2n) is 3.47. The first-order valence-electron chi connectivity index (χ1n) is 5.43. The predicted octanol–water partition coefficient (Wildman–Crippen LogP) is 2.71. The Balaban J connectivity index is 4.46. The zero-order chi connectivity index (χ0) is 11.2. The average molecular weight is 222 g/mol. The molecular formula is C10H22O3S. The van der Waals surface area contributed by atoms with E-state index in [0.717, 1.165) is 12.8 Å². The summed E-state index contributed by atoms with van der Waals surface area (Å²) in [6.07, 6.45) is 2.59. The van der Waals surface area contributed by atoms with Gasteiger partial charge in [0.05, 0.1) is 11.4 Å². The SMILES string of the molecule is CCC(CC)OS(=O)(=O)C(CC)CC. The molecule has 0 rings (SSSR count). The molecule has 0 heterocycles. The summed E-state index contributed by atoms with van der Waals surface area (Å²) in [5, 5.41) is -0.344. The zero-order valence-electron chi connectivity index (χ0n) is 9.62. The zero-order valence-corrected chi connectivity index (χ0v) is 10.4. The molecule has 14 heavy (non-hydrogen) atoms. The molecule has 0 saturated heterocycles. The average Bonchev–Trinajstić information content (AvgIpc) is 2.15. The van der Waals surface area contributed by atoms with Gasteiger partial charge in [0.1, 0.15) is 0 Å². The van der Waals surface area contributed by atoms with Gasteiger partial charge in [-0.2, -0.15) is 8.42 Å². The van der Waals surface area contributed by atoms with Gasteiger partial charge in [-0.3, -0.25) is 4.18 Å². The van der Waals surface area contributed by atoms with Crippen LogP contribution in [0.15, 0.2) is 0 Å². The Morgan fingerprint density at radius 2 is 1.36 bits per heavy atom. The van der Waals surface area contributed by atoms with Crippen molar-refractivity contribution in [1.82, 2.24) is 0 Å². The summed E-state index contributed by atoms with van der Waals surface area (Å²) in [6, 6.07) is 0. The quantitative estimate of drug-likeness (QED) is 0.622. The van der Waals surface area contributed by atoms with Gasteiger partial charge in [0.15, 0.2) is 0 Å². The third-order valence-electron chi connectivity index (χ3n) is 2.50. The summed E-state index contributed by atoms with van der Waals surface area (Å²) >= 11 is 0. The lowest BCUT2D eigenvalue weighted by atomic mass is 10.2. The summed E-state index contributed by atoms with van der Waals surface area (Å²) in [6.45, 7) is 7.64. The van der Waals surface area contributed by atoms with Crippen LogP contribution < -0.4 is 0 Å². The lowest BCUT2D eigenvalue weighted by Gasteiger charge is -2.18. The first kappa shape index (κ1) is 13.9. The van der Waals surface area contributed by atoms with Gasteiger partial charge in [-0.25, -0.2) is 0 Å². The standard InChI is InChI=1S/C10H22O3S/c1-5-9(6-2)13-14(11,12)10(7-3)8-4/h9-10H,5-8H2,1-4H3. The van der Waals surface area contributed by atoms with Crippen LogP contribution in [0.3, 0.4) is 0 Å². The van der Waals surface area contributed by atoms with E-state index in [1.807, 2.05) is 27.7 Å². The molecule has 0 amide bonds. The second-order valence-corrected chi connectivity index (χ2v) is 5.31. The fraction of sp³-hybridized carbons (Fsp3) is 1.00. The van der Waals surface area contributed by atoms with Gasteiger partial charge in [0.25, 0.3) is 10.1 Å². The van der Waals surface area contributed by atoms with Gasteiger partial charge in [-0.05, 0) is 25.7 Å². The summed E-state index contributed by atoms with van der Waals surface area (Å²) in [5.74, 6) is 0. The molecule has 0 aromatic rings. The van der Waals surface area contributed by atoms with Crippen LogP contribution >= 0.6 is 0 Å². The van der Waals surface area contributed by atoms with Crippen LogP contribution in [0.25, 0.3) is 0 Å². The van der Waals surface area contributed by atoms with Crippen molar-refractivity contribution in [3.8, 4) is 0 Å². The molecule has 0 fully saturated rings. The van der Waals surface area contributed by atoms with Crippen molar-refractivity contribution >= 4 is 10.1 Å². The summed E-state index contributed by atoms with van der Waals surface area (Å²) in [5.41, 5.74) is 0. The van der Waals surface area contributed by atoms with Crippen molar-refractivity contribution in [1.29, 1.82) is 0 Å². The monoisotopic (exact) mass is 222 g/mol. The topological polar surface area (TPSA) is 43.4 Å². The van der Waals surface area contributed by atoms with Gasteiger partial charge in [-0.15, -0.1) is 0 Å². The second kappa shape index (κ2) is 6.40. The van der Waals surface area contributed by atoms with Gasteiger partial charge >= 0.3 is 0 Å². The third-order valence-corrected chi connectivity index (χ3v) is 4.52. The maximum Gasteiger partial charge on any atom is 0.270 e. The normalized spacial score (nSPS) is 12.7. The van der Waals surface area contributed by atoms with Crippen LogP contribution in [0.1, 0.15) is 53.4 Å². The van der Waals surface area contributed by atoms with Crippen molar-refractivity contribution in [3.05, 3.63) is 0 Å². The highest BCUT2D eigenvalue weighted by molar-refractivity contribution is 7.87. The van der Waals surface area contributed by atoms with Gasteiger partial charge in [0.2, 0.25) is 0 Å². The van der Waals surface area contributed by atoms with E-state index in [2.05, 4.69) is 0 Å². The van der Waals surface area contributed by atoms with Crippen LogP contribution in [0.5, 0.6) is 0 Å². The molecule has 0 N–H and O–H groups in total. The van der Waals surface area contributed by atoms with Crippen molar-refractivity contribution in [2.24, 2.45) is 0 Å². The largest absolute Gasteiger partial charge is 0.270 e. The van der Waals surface area contributed by atoms with Crippen LogP contribution in [0.2, 0.25) is 0 Å². The van der Waals surface area contributed by atoms with E-state index < -0.39 is 10.1 Å². The van der Waals surface area contributed by atoms with Gasteiger partial charge < -0.3 is 0 Å². The van der Waals surface area contributed by atoms with E-state index in [-0.39, 0.29) is 11.4 Å². The van der Waals surface area contributed by atoms with E-state index in [9.17, 15) is 8.42 Å². The highest BCUT2D eigenvalue weighted by Crippen LogP contribution is 2.16. The fourth-order valence-electron chi connectivity index (χ4n) is 1.39. The smallest absolute Gasteiger partial charge is 0.267 e. The van der Waals surface area contributed by atoms with Crippen LogP contribution in [-0.4, -0.2) is 19.8 Å². The molecular weight excluding hydrogens is 200 g/mol. The first-order chi connectivity index (χ1) is 6.51. The third kappa shape index (κ3) is 3.96. The van der Waals surface area contributed by atoms with Crippen molar-refractivity contribution in [2.75, 3.05) is 0 Å². The van der Waals surface area contributed by atoms with Crippen LogP contribution in [-0.2, 0) is 14.3 Å². The minimum absolute atomic E-state index is 0.152. The van der Waals surface area contributed by atoms with Crippen LogP contribution in [0, 0.1) is 0 Å². The van der Waals surface area contributed by atoms with E-state index in [1.165, 1.54) is 0 Å². The molecule has 3 nitrogen and oxygen atoms in total. The van der Waals surface area contributed by atoms with Crippen molar-refractivity contribution in [3.63, 3.8) is 0 Å². The predicted molar refractivity (Wildman–Crippen MR) is 58.7 cm³/mol. The minimum Gasteiger partial charge on any atom is -0.267 e. The van der Waals surface area contributed by atoms with E-state index in [0.29, 0.717) is 12.8 Å². The Bertz CT molecular complexity index is 226. The van der Waals surface area contributed by atoms with E-state index >= 15 is 0 Å². The maximum absolute atomic E-state index is 11.7. The number of rotatable bonds is 7. The molecule has 86 valence electrons. The maximum atomic E-state index is 11.7. The molecule has 0 aliphatic carbocycles. The molecule has 0 atom stereocenters. The first-order valence-corrected chi connectivity index (χ1v) is 6.90. The Morgan fingerprint density at radius 3 is 1.64 bits per heavy atom. The summed E-state index contributed by atoms with van der Waals surface area (Å²) in [4.78, 5) is 0. The fourth-order valence-corrected chi connectivity index (χ4v) is 3.02. The Morgan fingerprint density at radius 1 is 0.929 bits per heavy atom. The highest BCUT2D eigenvalue weighted by atomic mass is 32.2. The molecule has 0 aliphatic heterocycles. The molecule has 0 unspecified atom stereocenters. The molecule has 0 aliphatic rings. The number of hydrogen-bond donors (Lipinski definition) is 0. The van der Waals surface area contributed by atoms with Crippen molar-refractivity contribution in [2.45, 2.75) is 64.7 Å². The Labute approximate surface area is 88.0 Å². The molecule has 0 bridgehead atoms.